The fourth-order valence-electron chi connectivity index (χ4n) is 1.79. The van der Waals surface area contributed by atoms with Crippen LogP contribution in [0.3, 0.4) is 0 Å². The summed E-state index contributed by atoms with van der Waals surface area (Å²) in [7, 11) is 0. The first kappa shape index (κ1) is 15.4. The average Bonchev–Trinajstić information content (AvgIpc) is 2.36. The number of anilines is 1. The molecule has 0 spiro atoms. The quantitative estimate of drug-likeness (QED) is 0.503. The van der Waals surface area contributed by atoms with Crippen molar-refractivity contribution >= 4 is 44.8 Å². The molecule has 1 aromatic carbocycles. The Morgan fingerprint density at radius 1 is 1.43 bits per heavy atom. The Kier molecular flexibility index (Phi) is 4.54. The zero-order valence-corrected chi connectivity index (χ0v) is 13.1. The number of nitrogens with one attached hydrogen (secondary N) is 1. The van der Waals surface area contributed by atoms with Crippen molar-refractivity contribution in [2.24, 2.45) is 0 Å². The molecule has 0 aliphatic rings. The van der Waals surface area contributed by atoms with Crippen LogP contribution in [0.25, 0.3) is 0 Å². The normalized spacial score (nSPS) is 10.2. The van der Waals surface area contributed by atoms with E-state index in [1.165, 1.54) is 12.3 Å². The van der Waals surface area contributed by atoms with Crippen molar-refractivity contribution in [1.82, 2.24) is 4.98 Å². The van der Waals surface area contributed by atoms with E-state index in [0.717, 1.165) is 10.0 Å². The third kappa shape index (κ3) is 3.56. The standard InChI is InChI=1S/C13H9BrClN3O3/c1-7-4-8(14)6-9(5-7)17-13(19)10-2-3-16-12(15)11(10)18(20)21/h2-6H,1H3,(H,17,19). The molecular formula is C13H9BrClN3O3. The minimum atomic E-state index is -0.726. The van der Waals surface area contributed by atoms with Crippen LogP contribution in [-0.2, 0) is 0 Å². The Hall–Kier alpha value is -1.99. The number of amides is 1. The van der Waals surface area contributed by atoms with Crippen LogP contribution in [0, 0.1) is 17.0 Å². The number of halogens is 2. The van der Waals surface area contributed by atoms with Crippen molar-refractivity contribution in [2.45, 2.75) is 6.92 Å². The predicted molar refractivity (Wildman–Crippen MR) is 82.7 cm³/mol. The first-order valence-electron chi connectivity index (χ1n) is 5.76. The second-order valence-electron chi connectivity index (χ2n) is 4.23. The van der Waals surface area contributed by atoms with Gasteiger partial charge in [-0.1, -0.05) is 27.5 Å². The van der Waals surface area contributed by atoms with Crippen LogP contribution in [0.5, 0.6) is 0 Å². The molecular weight excluding hydrogens is 362 g/mol. The summed E-state index contributed by atoms with van der Waals surface area (Å²) in [6.07, 6.45) is 1.25. The van der Waals surface area contributed by atoms with E-state index < -0.39 is 16.5 Å². The van der Waals surface area contributed by atoms with Gasteiger partial charge in [-0.25, -0.2) is 4.98 Å². The number of aryl methyl sites for hydroxylation is 1. The van der Waals surface area contributed by atoms with Crippen molar-refractivity contribution in [3.8, 4) is 0 Å². The molecule has 1 aromatic heterocycles. The van der Waals surface area contributed by atoms with E-state index in [2.05, 4.69) is 26.2 Å². The van der Waals surface area contributed by atoms with Crippen LogP contribution < -0.4 is 5.32 Å². The summed E-state index contributed by atoms with van der Waals surface area (Å²) in [6.45, 7) is 1.87. The fraction of sp³-hybridized carbons (Fsp3) is 0.0769. The van der Waals surface area contributed by atoms with Gasteiger partial charge in [-0.3, -0.25) is 14.9 Å². The second kappa shape index (κ2) is 6.19. The number of carbonyl (C=O) groups is 1. The van der Waals surface area contributed by atoms with Gasteiger partial charge < -0.3 is 5.32 Å². The van der Waals surface area contributed by atoms with Crippen molar-refractivity contribution in [3.63, 3.8) is 0 Å². The van der Waals surface area contributed by atoms with Crippen LogP contribution in [0.2, 0.25) is 5.15 Å². The number of hydrogen-bond donors (Lipinski definition) is 1. The summed E-state index contributed by atoms with van der Waals surface area (Å²) in [4.78, 5) is 26.1. The van der Waals surface area contributed by atoms with Gasteiger partial charge in [0.05, 0.1) is 4.92 Å². The lowest BCUT2D eigenvalue weighted by atomic mass is 10.2. The SMILES string of the molecule is Cc1cc(Br)cc(NC(=O)c2ccnc(Cl)c2[N+](=O)[O-])c1. The van der Waals surface area contributed by atoms with Gasteiger partial charge in [-0.2, -0.15) is 0 Å². The highest BCUT2D eigenvalue weighted by molar-refractivity contribution is 9.10. The van der Waals surface area contributed by atoms with Gasteiger partial charge in [-0.05, 0) is 36.8 Å². The summed E-state index contributed by atoms with van der Waals surface area (Å²) < 4.78 is 0.792. The second-order valence-corrected chi connectivity index (χ2v) is 5.50. The molecule has 1 heterocycles. The highest BCUT2D eigenvalue weighted by atomic mass is 79.9. The lowest BCUT2D eigenvalue weighted by Crippen LogP contribution is -2.14. The Morgan fingerprint density at radius 2 is 2.14 bits per heavy atom. The molecule has 2 aromatic rings. The molecule has 0 atom stereocenters. The average molecular weight is 371 g/mol. The lowest BCUT2D eigenvalue weighted by Gasteiger charge is -2.07. The first-order chi connectivity index (χ1) is 9.88. The fourth-order valence-corrected chi connectivity index (χ4v) is 2.63. The van der Waals surface area contributed by atoms with Gasteiger partial charge in [0.25, 0.3) is 5.91 Å². The van der Waals surface area contributed by atoms with E-state index in [1.807, 2.05) is 13.0 Å². The Labute approximate surface area is 133 Å². The molecule has 0 unspecified atom stereocenters. The van der Waals surface area contributed by atoms with Gasteiger partial charge in [-0.15, -0.1) is 0 Å². The molecule has 108 valence electrons. The van der Waals surface area contributed by atoms with Crippen molar-refractivity contribution < 1.29 is 9.72 Å². The molecule has 0 aliphatic heterocycles. The molecule has 1 N–H and O–H groups in total. The summed E-state index contributed by atoms with van der Waals surface area (Å²) in [5.74, 6) is -0.622. The van der Waals surface area contributed by atoms with Gasteiger partial charge >= 0.3 is 5.69 Å². The summed E-state index contributed by atoms with van der Waals surface area (Å²) in [5, 5.41) is 13.3. The molecule has 8 heteroatoms. The van der Waals surface area contributed by atoms with Crippen LogP contribution in [0.15, 0.2) is 34.9 Å². The number of nitro groups is 1. The van der Waals surface area contributed by atoms with E-state index in [9.17, 15) is 14.9 Å². The Morgan fingerprint density at radius 3 is 2.76 bits per heavy atom. The molecule has 6 nitrogen and oxygen atoms in total. The maximum Gasteiger partial charge on any atom is 0.319 e. The summed E-state index contributed by atoms with van der Waals surface area (Å²) in [6, 6.07) is 6.57. The van der Waals surface area contributed by atoms with Crippen molar-refractivity contribution in [3.05, 3.63) is 61.3 Å². The molecule has 21 heavy (non-hydrogen) atoms. The third-order valence-corrected chi connectivity index (χ3v) is 3.34. The molecule has 0 fully saturated rings. The van der Waals surface area contributed by atoms with Crippen molar-refractivity contribution in [1.29, 1.82) is 0 Å². The molecule has 0 saturated carbocycles. The largest absolute Gasteiger partial charge is 0.322 e. The van der Waals surface area contributed by atoms with Crippen LogP contribution >= 0.6 is 27.5 Å². The number of aromatic nitrogens is 1. The van der Waals surface area contributed by atoms with E-state index in [0.29, 0.717) is 5.69 Å². The van der Waals surface area contributed by atoms with Crippen LogP contribution in [0.1, 0.15) is 15.9 Å². The highest BCUT2D eigenvalue weighted by Gasteiger charge is 2.24. The topological polar surface area (TPSA) is 85.1 Å². The number of nitrogens with zero attached hydrogens (tertiary/aromatic N) is 2. The maximum atomic E-state index is 12.2. The predicted octanol–water partition coefficient (Wildman–Crippen LogP) is 3.97. The molecule has 0 aliphatic carbocycles. The summed E-state index contributed by atoms with van der Waals surface area (Å²) >= 11 is 9.00. The highest BCUT2D eigenvalue weighted by Crippen LogP contribution is 2.27. The van der Waals surface area contributed by atoms with E-state index in [-0.39, 0.29) is 10.7 Å². The smallest absolute Gasteiger partial charge is 0.319 e. The minimum Gasteiger partial charge on any atom is -0.322 e. The Bertz CT molecular complexity index is 716. The molecule has 0 bridgehead atoms. The first-order valence-corrected chi connectivity index (χ1v) is 6.93. The van der Waals surface area contributed by atoms with E-state index >= 15 is 0 Å². The number of benzene rings is 1. The Balaban J connectivity index is 2.37. The third-order valence-electron chi connectivity index (χ3n) is 2.61. The number of pyridine rings is 1. The van der Waals surface area contributed by atoms with E-state index in [4.69, 9.17) is 11.6 Å². The molecule has 1 amide bonds. The van der Waals surface area contributed by atoms with E-state index in [1.54, 1.807) is 12.1 Å². The number of rotatable bonds is 3. The molecule has 2 rings (SSSR count). The zero-order valence-electron chi connectivity index (χ0n) is 10.8. The van der Waals surface area contributed by atoms with Gasteiger partial charge in [0.2, 0.25) is 5.15 Å². The minimum absolute atomic E-state index is 0.141. The maximum absolute atomic E-state index is 12.2. The van der Waals surface area contributed by atoms with Crippen LogP contribution in [0.4, 0.5) is 11.4 Å². The summed E-state index contributed by atoms with van der Waals surface area (Å²) in [5.41, 5.74) is 0.803. The van der Waals surface area contributed by atoms with Gasteiger partial charge in [0.15, 0.2) is 0 Å². The van der Waals surface area contributed by atoms with Crippen molar-refractivity contribution in [2.75, 3.05) is 5.32 Å². The monoisotopic (exact) mass is 369 g/mol. The number of carbonyl (C=O) groups excluding carboxylic acids is 1. The molecule has 0 radical (unpaired) electrons. The molecule has 0 saturated heterocycles. The van der Waals surface area contributed by atoms with Crippen LogP contribution in [-0.4, -0.2) is 15.8 Å². The van der Waals surface area contributed by atoms with Gasteiger partial charge in [0, 0.05) is 16.4 Å². The number of hydrogen-bond acceptors (Lipinski definition) is 4. The lowest BCUT2D eigenvalue weighted by molar-refractivity contribution is -0.385. The zero-order chi connectivity index (χ0) is 15.6. The van der Waals surface area contributed by atoms with Gasteiger partial charge in [0.1, 0.15) is 5.56 Å².